The zero-order valence-electron chi connectivity index (χ0n) is 11.7. The predicted octanol–water partition coefficient (Wildman–Crippen LogP) is 1.24. The number of nitrogens with zero attached hydrogens (tertiary/aromatic N) is 2. The summed E-state index contributed by atoms with van der Waals surface area (Å²) >= 11 is 0. The monoisotopic (exact) mass is 298 g/mol. The molecule has 2 aromatic rings. The van der Waals surface area contributed by atoms with Crippen molar-refractivity contribution in [2.75, 3.05) is 6.54 Å². The van der Waals surface area contributed by atoms with Crippen molar-refractivity contribution in [1.29, 1.82) is 0 Å². The third-order valence-corrected chi connectivity index (χ3v) is 3.76. The average molecular weight is 298 g/mol. The maximum atomic E-state index is 12.1. The lowest BCUT2D eigenvalue weighted by atomic mass is 9.98. The Morgan fingerprint density at radius 1 is 1.32 bits per heavy atom. The largest absolute Gasteiger partial charge is 0.480 e. The van der Waals surface area contributed by atoms with Crippen LogP contribution in [-0.4, -0.2) is 39.3 Å². The van der Waals surface area contributed by atoms with Crippen LogP contribution in [0.1, 0.15) is 12.0 Å². The second kappa shape index (κ2) is 5.55. The number of aromatic nitrogens is 1. The van der Waals surface area contributed by atoms with Gasteiger partial charge in [0.05, 0.1) is 11.4 Å². The number of hydrogen-bond donors (Lipinski definition) is 1. The minimum absolute atomic E-state index is 0.0545. The Kier molecular flexibility index (Phi) is 3.58. The molecule has 0 radical (unpaired) electrons. The van der Waals surface area contributed by atoms with E-state index in [9.17, 15) is 14.4 Å². The number of imide groups is 1. The van der Waals surface area contributed by atoms with E-state index in [4.69, 9.17) is 5.11 Å². The van der Waals surface area contributed by atoms with Gasteiger partial charge in [0.2, 0.25) is 11.8 Å². The van der Waals surface area contributed by atoms with Gasteiger partial charge in [0.25, 0.3) is 0 Å². The maximum Gasteiger partial charge on any atom is 0.323 e. The summed E-state index contributed by atoms with van der Waals surface area (Å²) in [6.45, 7) is -0.565. The molecule has 6 nitrogen and oxygen atoms in total. The Balaban J connectivity index is 1.78. The molecule has 1 unspecified atom stereocenters. The Morgan fingerprint density at radius 2 is 2.09 bits per heavy atom. The fraction of sp³-hybridized carbons (Fsp3) is 0.250. The summed E-state index contributed by atoms with van der Waals surface area (Å²) in [5.74, 6) is -2.53. The number of carbonyl (C=O) groups is 3. The van der Waals surface area contributed by atoms with Gasteiger partial charge in [-0.3, -0.25) is 24.3 Å². The Morgan fingerprint density at radius 3 is 2.86 bits per heavy atom. The van der Waals surface area contributed by atoms with E-state index < -0.39 is 30.2 Å². The highest BCUT2D eigenvalue weighted by molar-refractivity contribution is 6.05. The second-order valence-electron chi connectivity index (χ2n) is 5.35. The summed E-state index contributed by atoms with van der Waals surface area (Å²) in [4.78, 5) is 39.8. The molecular formula is C16H14N2O4. The number of benzene rings is 1. The lowest BCUT2D eigenvalue weighted by molar-refractivity contribution is -0.149. The van der Waals surface area contributed by atoms with Crippen molar-refractivity contribution in [3.63, 3.8) is 0 Å². The topological polar surface area (TPSA) is 87.6 Å². The predicted molar refractivity (Wildman–Crippen MR) is 77.9 cm³/mol. The molecule has 1 saturated heterocycles. The third kappa shape index (κ3) is 2.67. The highest BCUT2D eigenvalue weighted by Gasteiger charge is 2.39. The van der Waals surface area contributed by atoms with E-state index in [0.717, 1.165) is 21.4 Å². The van der Waals surface area contributed by atoms with Crippen molar-refractivity contribution < 1.29 is 19.5 Å². The van der Waals surface area contributed by atoms with Crippen LogP contribution in [0, 0.1) is 5.92 Å². The van der Waals surface area contributed by atoms with Crippen LogP contribution in [0.25, 0.3) is 10.9 Å². The van der Waals surface area contributed by atoms with Gasteiger partial charge >= 0.3 is 5.97 Å². The van der Waals surface area contributed by atoms with E-state index >= 15 is 0 Å². The highest BCUT2D eigenvalue weighted by atomic mass is 16.4. The molecule has 112 valence electrons. The van der Waals surface area contributed by atoms with Gasteiger partial charge in [-0.05, 0) is 24.1 Å². The van der Waals surface area contributed by atoms with Crippen molar-refractivity contribution in [3.8, 4) is 0 Å². The van der Waals surface area contributed by atoms with Crippen LogP contribution in [0.15, 0.2) is 36.5 Å². The molecule has 1 fully saturated rings. The molecule has 1 N–H and O–H groups in total. The van der Waals surface area contributed by atoms with Crippen molar-refractivity contribution in [2.24, 2.45) is 5.92 Å². The van der Waals surface area contributed by atoms with Crippen LogP contribution in [0.3, 0.4) is 0 Å². The normalized spacial score (nSPS) is 18.2. The maximum absolute atomic E-state index is 12.1. The first-order valence-corrected chi connectivity index (χ1v) is 6.94. The van der Waals surface area contributed by atoms with E-state index in [2.05, 4.69) is 4.98 Å². The number of amides is 2. The first kappa shape index (κ1) is 14.2. The Bertz CT molecular complexity index is 772. The number of carboxylic acids is 1. The number of likely N-dealkylation sites (tertiary alicyclic amines) is 1. The zero-order chi connectivity index (χ0) is 15.7. The molecule has 0 spiro atoms. The SMILES string of the molecule is O=C(O)CN1C(=O)CC(Cc2cnc3ccccc3c2)C1=O. The molecule has 0 saturated carbocycles. The zero-order valence-corrected chi connectivity index (χ0v) is 11.7. The molecule has 0 bridgehead atoms. The molecule has 6 heteroatoms. The number of para-hydroxylation sites is 1. The van der Waals surface area contributed by atoms with Gasteiger partial charge in [0, 0.05) is 18.0 Å². The van der Waals surface area contributed by atoms with Crippen molar-refractivity contribution in [2.45, 2.75) is 12.8 Å². The molecule has 0 aliphatic carbocycles. The number of carboxylic acid groups (broad SMARTS) is 1. The van der Waals surface area contributed by atoms with E-state index in [1.54, 1.807) is 6.20 Å². The minimum atomic E-state index is -1.19. The summed E-state index contributed by atoms with van der Waals surface area (Å²) in [6.07, 6.45) is 2.14. The smallest absolute Gasteiger partial charge is 0.323 e. The van der Waals surface area contributed by atoms with Crippen LogP contribution in [-0.2, 0) is 20.8 Å². The molecule has 22 heavy (non-hydrogen) atoms. The van der Waals surface area contributed by atoms with Gasteiger partial charge in [-0.25, -0.2) is 0 Å². The number of hydrogen-bond acceptors (Lipinski definition) is 4. The van der Waals surface area contributed by atoms with Crippen LogP contribution in [0.4, 0.5) is 0 Å². The number of fused-ring (bicyclic) bond motifs is 1. The number of rotatable bonds is 4. The lowest BCUT2D eigenvalue weighted by Crippen LogP contribution is -2.35. The van der Waals surface area contributed by atoms with E-state index in [1.165, 1.54) is 0 Å². The average Bonchev–Trinajstić information content (AvgIpc) is 2.74. The Labute approximate surface area is 126 Å². The van der Waals surface area contributed by atoms with Gasteiger partial charge in [0.1, 0.15) is 6.54 Å². The number of aliphatic carboxylic acids is 1. The molecule has 3 rings (SSSR count). The van der Waals surface area contributed by atoms with Crippen LogP contribution in [0.2, 0.25) is 0 Å². The molecule has 1 aromatic heterocycles. The van der Waals surface area contributed by atoms with Gasteiger partial charge in [-0.15, -0.1) is 0 Å². The fourth-order valence-electron chi connectivity index (χ4n) is 2.73. The summed E-state index contributed by atoms with van der Waals surface area (Å²) in [7, 11) is 0. The van der Waals surface area contributed by atoms with E-state index in [0.29, 0.717) is 6.42 Å². The van der Waals surface area contributed by atoms with Crippen molar-refractivity contribution >= 4 is 28.7 Å². The lowest BCUT2D eigenvalue weighted by Gasteiger charge is -2.12. The number of pyridine rings is 1. The quantitative estimate of drug-likeness (QED) is 0.858. The van der Waals surface area contributed by atoms with Crippen LogP contribution < -0.4 is 0 Å². The summed E-state index contributed by atoms with van der Waals surface area (Å²) in [5, 5.41) is 9.72. The molecule has 1 atom stereocenters. The van der Waals surface area contributed by atoms with E-state index in [-0.39, 0.29) is 6.42 Å². The summed E-state index contributed by atoms with van der Waals surface area (Å²) in [5.41, 5.74) is 1.73. The summed E-state index contributed by atoms with van der Waals surface area (Å²) in [6, 6.07) is 9.59. The highest BCUT2D eigenvalue weighted by Crippen LogP contribution is 2.24. The first-order valence-electron chi connectivity index (χ1n) is 6.94. The third-order valence-electron chi connectivity index (χ3n) is 3.76. The van der Waals surface area contributed by atoms with Gasteiger partial charge in [0.15, 0.2) is 0 Å². The molecule has 2 amide bonds. The standard InChI is InChI=1S/C16H14N2O4/c19-14-7-12(16(22)18(14)9-15(20)21)6-10-5-11-3-1-2-4-13(11)17-8-10/h1-5,8,12H,6-7,9H2,(H,20,21). The molecular weight excluding hydrogens is 284 g/mol. The molecule has 1 aliphatic heterocycles. The minimum Gasteiger partial charge on any atom is -0.480 e. The molecule has 2 heterocycles. The second-order valence-corrected chi connectivity index (χ2v) is 5.35. The van der Waals surface area contributed by atoms with Gasteiger partial charge < -0.3 is 5.11 Å². The first-order chi connectivity index (χ1) is 10.5. The van der Waals surface area contributed by atoms with Gasteiger partial charge in [-0.1, -0.05) is 18.2 Å². The van der Waals surface area contributed by atoms with Gasteiger partial charge in [-0.2, -0.15) is 0 Å². The summed E-state index contributed by atoms with van der Waals surface area (Å²) < 4.78 is 0. The Hall–Kier alpha value is -2.76. The van der Waals surface area contributed by atoms with Crippen LogP contribution in [0.5, 0.6) is 0 Å². The van der Waals surface area contributed by atoms with E-state index in [1.807, 2.05) is 30.3 Å². The van der Waals surface area contributed by atoms with Crippen molar-refractivity contribution in [1.82, 2.24) is 9.88 Å². The fourth-order valence-corrected chi connectivity index (χ4v) is 2.73. The molecule has 1 aliphatic rings. The molecule has 1 aromatic carbocycles. The van der Waals surface area contributed by atoms with Crippen LogP contribution >= 0.6 is 0 Å². The number of carbonyl (C=O) groups excluding carboxylic acids is 2. The van der Waals surface area contributed by atoms with Crippen molar-refractivity contribution in [3.05, 3.63) is 42.1 Å².